The Hall–Kier alpha value is -2.55. The van der Waals surface area contributed by atoms with Crippen molar-refractivity contribution in [1.29, 1.82) is 0 Å². The number of urea groups is 1. The van der Waals surface area contributed by atoms with Gasteiger partial charge in [0.1, 0.15) is 5.60 Å². The lowest BCUT2D eigenvalue weighted by molar-refractivity contribution is 0.0417. The number of aryl methyl sites for hydroxylation is 2. The van der Waals surface area contributed by atoms with E-state index in [1.807, 2.05) is 43.3 Å². The van der Waals surface area contributed by atoms with Crippen LogP contribution in [-0.4, -0.2) is 27.7 Å². The number of rotatable bonds is 3. The molecule has 0 saturated heterocycles. The molecule has 5 rings (SSSR count). The number of hydrogen-bond acceptors (Lipinski definition) is 6. The van der Waals surface area contributed by atoms with Gasteiger partial charge in [0.15, 0.2) is 5.13 Å². The maximum Gasteiger partial charge on any atom is 0.321 e. The number of hydrogen-bond donors (Lipinski definition) is 3. The summed E-state index contributed by atoms with van der Waals surface area (Å²) in [4.78, 5) is 21.4. The highest BCUT2D eigenvalue weighted by atomic mass is 32.1. The number of fused-ring (bicyclic) bond motifs is 4. The first-order chi connectivity index (χ1) is 13.5. The molecule has 2 aromatic carbocycles. The summed E-state index contributed by atoms with van der Waals surface area (Å²) in [6, 6.07) is 11.4. The molecular formula is C20H18N4O2S2. The Morgan fingerprint density at radius 2 is 1.89 bits per heavy atom. The molecule has 0 fully saturated rings. The largest absolute Gasteiger partial charge is 0.383 e. The van der Waals surface area contributed by atoms with Crippen LogP contribution in [0.15, 0.2) is 36.4 Å². The third-order valence-corrected chi connectivity index (χ3v) is 7.24. The van der Waals surface area contributed by atoms with Crippen molar-refractivity contribution in [2.45, 2.75) is 25.4 Å². The van der Waals surface area contributed by atoms with Crippen LogP contribution in [0.1, 0.15) is 22.6 Å². The van der Waals surface area contributed by atoms with Crippen molar-refractivity contribution in [3.63, 3.8) is 0 Å². The van der Waals surface area contributed by atoms with Crippen molar-refractivity contribution in [1.82, 2.24) is 15.3 Å². The topological polar surface area (TPSA) is 87.1 Å². The van der Waals surface area contributed by atoms with Crippen LogP contribution in [0.5, 0.6) is 0 Å². The van der Waals surface area contributed by atoms with Gasteiger partial charge in [-0.2, -0.15) is 0 Å². The monoisotopic (exact) mass is 410 g/mol. The van der Waals surface area contributed by atoms with E-state index in [0.29, 0.717) is 11.6 Å². The Morgan fingerprint density at radius 3 is 2.75 bits per heavy atom. The number of aliphatic hydroxyl groups is 1. The molecule has 1 aliphatic rings. The molecule has 4 aromatic rings. The summed E-state index contributed by atoms with van der Waals surface area (Å²) in [5.41, 5.74) is 2.82. The third kappa shape index (κ3) is 2.94. The number of benzene rings is 2. The Kier molecular flexibility index (Phi) is 4.08. The minimum Gasteiger partial charge on any atom is -0.383 e. The molecule has 1 unspecified atom stereocenters. The van der Waals surface area contributed by atoms with E-state index in [-0.39, 0.29) is 12.6 Å². The smallest absolute Gasteiger partial charge is 0.321 e. The zero-order valence-corrected chi connectivity index (χ0v) is 16.8. The van der Waals surface area contributed by atoms with Gasteiger partial charge in [0.2, 0.25) is 0 Å². The molecule has 0 aliphatic heterocycles. The average Bonchev–Trinajstić information content (AvgIpc) is 3.35. The van der Waals surface area contributed by atoms with Gasteiger partial charge in [0.25, 0.3) is 0 Å². The fourth-order valence-electron chi connectivity index (χ4n) is 3.76. The molecule has 3 N–H and O–H groups in total. The van der Waals surface area contributed by atoms with Crippen LogP contribution in [0, 0.1) is 6.92 Å². The summed E-state index contributed by atoms with van der Waals surface area (Å²) in [6.45, 7) is 2.15. The summed E-state index contributed by atoms with van der Waals surface area (Å²) < 4.78 is 2.12. The molecule has 1 atom stereocenters. The third-order valence-electron chi connectivity index (χ3n) is 5.11. The van der Waals surface area contributed by atoms with Gasteiger partial charge in [-0.05, 0) is 43.0 Å². The van der Waals surface area contributed by atoms with Crippen LogP contribution in [-0.2, 0) is 12.0 Å². The van der Waals surface area contributed by atoms with E-state index < -0.39 is 5.60 Å². The summed E-state index contributed by atoms with van der Waals surface area (Å²) >= 11 is 3.07. The summed E-state index contributed by atoms with van der Waals surface area (Å²) in [7, 11) is 0. The second-order valence-electron chi connectivity index (χ2n) is 7.01. The lowest BCUT2D eigenvalue weighted by Crippen LogP contribution is -2.41. The van der Waals surface area contributed by atoms with Gasteiger partial charge in [0.05, 0.1) is 32.0 Å². The number of carbonyl (C=O) groups is 1. The molecule has 1 aliphatic carbocycles. The van der Waals surface area contributed by atoms with Crippen LogP contribution >= 0.6 is 22.7 Å². The standard InChI is InChI=1S/C20H18N4O2S2/c1-11-22-14-6-7-15-17(16(14)27-11)28-19(23-15)24-18(25)21-10-20(26)9-8-12-4-2-3-5-13(12)20/h2-7,26H,8-10H2,1H3,(H2,21,23,24,25). The Bertz CT molecular complexity index is 1220. The van der Waals surface area contributed by atoms with E-state index in [0.717, 1.165) is 43.0 Å². The molecule has 28 heavy (non-hydrogen) atoms. The molecular weight excluding hydrogens is 392 g/mol. The lowest BCUT2D eigenvalue weighted by atomic mass is 9.96. The normalized spacial score (nSPS) is 18.5. The van der Waals surface area contributed by atoms with E-state index in [9.17, 15) is 9.90 Å². The van der Waals surface area contributed by atoms with Gasteiger partial charge < -0.3 is 10.4 Å². The van der Waals surface area contributed by atoms with E-state index in [1.54, 1.807) is 11.3 Å². The quantitative estimate of drug-likeness (QED) is 0.473. The van der Waals surface area contributed by atoms with Crippen molar-refractivity contribution in [2.75, 3.05) is 11.9 Å². The zero-order chi connectivity index (χ0) is 19.3. The summed E-state index contributed by atoms with van der Waals surface area (Å²) in [5, 5.41) is 18.1. The Labute approximate surface area is 169 Å². The molecule has 0 saturated carbocycles. The Morgan fingerprint density at radius 1 is 1.14 bits per heavy atom. The SMILES string of the molecule is Cc1nc2ccc3nc(NC(=O)NCC4(O)CCc5ccccc54)sc3c2s1. The molecule has 2 amide bonds. The first-order valence-electron chi connectivity index (χ1n) is 9.04. The molecule has 142 valence electrons. The summed E-state index contributed by atoms with van der Waals surface area (Å²) in [6.07, 6.45) is 1.43. The van der Waals surface area contributed by atoms with Gasteiger partial charge in [0, 0.05) is 0 Å². The fourth-order valence-corrected chi connectivity index (χ4v) is 5.76. The van der Waals surface area contributed by atoms with Crippen LogP contribution in [0.2, 0.25) is 0 Å². The molecule has 2 aromatic heterocycles. The van der Waals surface area contributed by atoms with Crippen molar-refractivity contribution in [3.05, 3.63) is 52.5 Å². The minimum absolute atomic E-state index is 0.166. The molecule has 0 spiro atoms. The molecule has 0 bridgehead atoms. The van der Waals surface area contributed by atoms with Crippen LogP contribution in [0.4, 0.5) is 9.93 Å². The number of anilines is 1. The predicted molar refractivity (Wildman–Crippen MR) is 113 cm³/mol. The minimum atomic E-state index is -1.02. The van der Waals surface area contributed by atoms with Gasteiger partial charge in [-0.25, -0.2) is 14.8 Å². The summed E-state index contributed by atoms with van der Waals surface area (Å²) in [5.74, 6) is 0. The van der Waals surface area contributed by atoms with Crippen molar-refractivity contribution >= 4 is 54.3 Å². The van der Waals surface area contributed by atoms with Crippen LogP contribution in [0.3, 0.4) is 0 Å². The highest BCUT2D eigenvalue weighted by Crippen LogP contribution is 2.37. The molecule has 2 heterocycles. The maximum absolute atomic E-state index is 12.4. The molecule has 8 heteroatoms. The Balaban J connectivity index is 1.31. The average molecular weight is 411 g/mol. The number of nitrogens with zero attached hydrogens (tertiary/aromatic N) is 2. The number of aromatic nitrogens is 2. The number of carbonyl (C=O) groups excluding carboxylic acids is 1. The van der Waals surface area contributed by atoms with Crippen molar-refractivity contribution in [3.8, 4) is 0 Å². The van der Waals surface area contributed by atoms with E-state index in [1.165, 1.54) is 11.3 Å². The first-order valence-corrected chi connectivity index (χ1v) is 10.7. The second kappa shape index (κ2) is 6.51. The van der Waals surface area contributed by atoms with Gasteiger partial charge in [-0.3, -0.25) is 5.32 Å². The fraction of sp³-hybridized carbons (Fsp3) is 0.250. The van der Waals surface area contributed by atoms with Crippen molar-refractivity contribution in [2.24, 2.45) is 0 Å². The van der Waals surface area contributed by atoms with Crippen LogP contribution in [0.25, 0.3) is 20.4 Å². The molecule has 6 nitrogen and oxygen atoms in total. The molecule has 0 radical (unpaired) electrons. The van der Waals surface area contributed by atoms with Crippen molar-refractivity contribution < 1.29 is 9.90 Å². The zero-order valence-electron chi connectivity index (χ0n) is 15.2. The number of nitrogens with one attached hydrogen (secondary N) is 2. The number of amides is 2. The van der Waals surface area contributed by atoms with Gasteiger partial charge in [-0.1, -0.05) is 35.6 Å². The highest BCUT2D eigenvalue weighted by molar-refractivity contribution is 7.28. The highest BCUT2D eigenvalue weighted by Gasteiger charge is 2.36. The van der Waals surface area contributed by atoms with Crippen LogP contribution < -0.4 is 10.6 Å². The van der Waals surface area contributed by atoms with E-state index in [4.69, 9.17) is 0 Å². The van der Waals surface area contributed by atoms with Gasteiger partial charge >= 0.3 is 6.03 Å². The first kappa shape index (κ1) is 17.5. The van der Waals surface area contributed by atoms with E-state index >= 15 is 0 Å². The maximum atomic E-state index is 12.4. The lowest BCUT2D eigenvalue weighted by Gasteiger charge is -2.24. The van der Waals surface area contributed by atoms with E-state index in [2.05, 4.69) is 20.6 Å². The van der Waals surface area contributed by atoms with Gasteiger partial charge in [-0.15, -0.1) is 11.3 Å². The predicted octanol–water partition coefficient (Wildman–Crippen LogP) is 4.17. The second-order valence-corrected chi connectivity index (χ2v) is 9.21. The number of thiazole rings is 2.